The van der Waals surface area contributed by atoms with E-state index in [1.807, 2.05) is 30.3 Å². The molecule has 2 aromatic heterocycles. The highest BCUT2D eigenvalue weighted by molar-refractivity contribution is 7.91. The van der Waals surface area contributed by atoms with Gasteiger partial charge in [0.05, 0.1) is 37.2 Å². The molecule has 1 aromatic carbocycles. The number of rotatable bonds is 18. The predicted molar refractivity (Wildman–Crippen MR) is 165 cm³/mol. The van der Waals surface area contributed by atoms with E-state index < -0.39 is 9.84 Å². The lowest BCUT2D eigenvalue weighted by atomic mass is 10.1. The van der Waals surface area contributed by atoms with E-state index in [0.717, 1.165) is 34.7 Å². The monoisotopic (exact) mass is 631 g/mol. The largest absolute Gasteiger partial charge is 0.501 e. The first kappa shape index (κ1) is 32.7. The maximum Gasteiger partial charge on any atom is 0.230 e. The molecule has 0 aliphatic carbocycles. The van der Waals surface area contributed by atoms with Crippen molar-refractivity contribution in [2.45, 2.75) is 32.1 Å². The summed E-state index contributed by atoms with van der Waals surface area (Å²) in [5, 5.41) is 22.8. The van der Waals surface area contributed by atoms with E-state index in [-0.39, 0.29) is 54.1 Å². The minimum atomic E-state index is -3.42. The Morgan fingerprint density at radius 3 is 2.17 bits per heavy atom. The second-order valence-electron chi connectivity index (χ2n) is 8.88. The maximum atomic E-state index is 12.6. The predicted octanol–water partition coefficient (Wildman–Crippen LogP) is 3.09. The summed E-state index contributed by atoms with van der Waals surface area (Å²) in [4.78, 5) is 24.6. The number of ether oxygens (including phenoxy) is 1. The number of aromatic nitrogens is 4. The first-order valence-electron chi connectivity index (χ1n) is 13.0. The molecular formula is C27H33N7O5S3. The van der Waals surface area contributed by atoms with Gasteiger partial charge in [-0.25, -0.2) is 8.42 Å². The molecule has 0 aliphatic rings. The van der Waals surface area contributed by atoms with Crippen LogP contribution in [-0.2, 0) is 43.4 Å². The van der Waals surface area contributed by atoms with Crippen molar-refractivity contribution in [2.24, 2.45) is 5.73 Å². The molecular weight excluding hydrogens is 599 g/mol. The number of nitrogens with zero attached hydrogens (tertiary/aromatic N) is 4. The van der Waals surface area contributed by atoms with Crippen LogP contribution in [-0.4, -0.2) is 65.3 Å². The van der Waals surface area contributed by atoms with E-state index >= 15 is 0 Å². The quantitative estimate of drug-likeness (QED) is 0.107. The minimum Gasteiger partial charge on any atom is -0.501 e. The van der Waals surface area contributed by atoms with Gasteiger partial charge >= 0.3 is 0 Å². The van der Waals surface area contributed by atoms with Crippen molar-refractivity contribution < 1.29 is 22.7 Å². The molecule has 0 spiro atoms. The molecule has 3 aromatic rings. The first-order valence-corrected chi connectivity index (χ1v) is 16.5. The number of anilines is 2. The van der Waals surface area contributed by atoms with E-state index in [0.29, 0.717) is 33.9 Å². The third-order valence-corrected chi connectivity index (χ3v) is 8.92. The summed E-state index contributed by atoms with van der Waals surface area (Å²) in [6.45, 7) is 4.79. The van der Waals surface area contributed by atoms with Crippen LogP contribution < -0.4 is 16.4 Å². The molecule has 0 bridgehead atoms. The third kappa shape index (κ3) is 12.4. The molecule has 3 rings (SSSR count). The van der Waals surface area contributed by atoms with Gasteiger partial charge < -0.3 is 21.1 Å². The zero-order valence-electron chi connectivity index (χ0n) is 22.9. The first-order chi connectivity index (χ1) is 20.3. The standard InChI is InChI=1S/C27H33N7O5S3/c1-2-20(10-6-14-39-15-7-13-28)18-22(35)29-26-33-31-24(40-26)11-16-42(37,38)17-12-25-32-34-27(41-25)30-23(36)19-21-8-4-3-5-9-21/h2-6,8-10,14H,1,7,11-13,15-19,28H2,(H,29,33,35)(H,30,34,36)/b14-6+,20-10+. The summed E-state index contributed by atoms with van der Waals surface area (Å²) in [6, 6.07) is 9.30. The summed E-state index contributed by atoms with van der Waals surface area (Å²) < 4.78 is 30.5. The topological polar surface area (TPSA) is 179 Å². The molecule has 0 saturated carbocycles. The van der Waals surface area contributed by atoms with Crippen molar-refractivity contribution in [2.75, 3.05) is 35.3 Å². The van der Waals surface area contributed by atoms with Crippen LogP contribution in [0.15, 0.2) is 67.0 Å². The fraction of sp³-hybridized carbons (Fsp3) is 0.333. The van der Waals surface area contributed by atoms with Gasteiger partial charge in [0, 0.05) is 12.8 Å². The van der Waals surface area contributed by atoms with Crippen molar-refractivity contribution in [1.82, 2.24) is 20.4 Å². The number of carbonyl (C=O) groups excluding carboxylic acids is 2. The van der Waals surface area contributed by atoms with Gasteiger partial charge in [0.2, 0.25) is 22.1 Å². The van der Waals surface area contributed by atoms with Gasteiger partial charge in [0.15, 0.2) is 9.84 Å². The van der Waals surface area contributed by atoms with E-state index in [9.17, 15) is 18.0 Å². The van der Waals surface area contributed by atoms with Gasteiger partial charge in [-0.1, -0.05) is 71.7 Å². The number of nitrogens with two attached hydrogens (primary N) is 1. The van der Waals surface area contributed by atoms with Crippen LogP contribution in [0.4, 0.5) is 10.3 Å². The molecule has 4 N–H and O–H groups in total. The Morgan fingerprint density at radius 1 is 0.952 bits per heavy atom. The van der Waals surface area contributed by atoms with Crippen molar-refractivity contribution in [3.05, 3.63) is 82.6 Å². The Labute approximate surface area is 252 Å². The SMILES string of the molecule is C=C/C(=C\C=C\OCCCN)CC(=O)Nc1nnc(CCS(=O)(=O)CCc2nnc(NC(=O)Cc3ccccc3)s2)s1. The number of carbonyl (C=O) groups is 2. The van der Waals surface area contributed by atoms with Crippen LogP contribution in [0.2, 0.25) is 0 Å². The van der Waals surface area contributed by atoms with Crippen LogP contribution in [0.5, 0.6) is 0 Å². The second-order valence-corrected chi connectivity index (χ2v) is 13.3. The zero-order valence-corrected chi connectivity index (χ0v) is 25.3. The molecule has 15 heteroatoms. The molecule has 2 heterocycles. The zero-order chi connectivity index (χ0) is 30.2. The molecule has 0 aliphatic heterocycles. The lowest BCUT2D eigenvalue weighted by Crippen LogP contribution is -2.14. The van der Waals surface area contributed by atoms with Crippen LogP contribution in [0.1, 0.15) is 28.4 Å². The van der Waals surface area contributed by atoms with Crippen molar-refractivity contribution >= 4 is 54.6 Å². The number of hydrogen-bond acceptors (Lipinski definition) is 12. The molecule has 0 saturated heterocycles. The molecule has 0 unspecified atom stereocenters. The highest BCUT2D eigenvalue weighted by Crippen LogP contribution is 2.19. The van der Waals surface area contributed by atoms with Crippen LogP contribution in [0.3, 0.4) is 0 Å². The molecule has 0 radical (unpaired) electrons. The highest BCUT2D eigenvalue weighted by atomic mass is 32.2. The third-order valence-electron chi connectivity index (χ3n) is 5.47. The number of sulfone groups is 1. The van der Waals surface area contributed by atoms with E-state index in [4.69, 9.17) is 10.5 Å². The van der Waals surface area contributed by atoms with Gasteiger partial charge in [0.25, 0.3) is 0 Å². The van der Waals surface area contributed by atoms with Gasteiger partial charge in [-0.15, -0.1) is 20.4 Å². The van der Waals surface area contributed by atoms with Gasteiger partial charge in [-0.2, -0.15) is 0 Å². The Kier molecular flexibility index (Phi) is 13.4. The fourth-order valence-electron chi connectivity index (χ4n) is 3.34. The van der Waals surface area contributed by atoms with Gasteiger partial charge in [0.1, 0.15) is 10.0 Å². The summed E-state index contributed by atoms with van der Waals surface area (Å²) in [7, 11) is -3.42. The maximum absolute atomic E-state index is 12.6. The molecule has 224 valence electrons. The van der Waals surface area contributed by atoms with Crippen molar-refractivity contribution in [1.29, 1.82) is 0 Å². The number of aryl methyl sites for hydroxylation is 2. The molecule has 0 fully saturated rings. The average Bonchev–Trinajstić information content (AvgIpc) is 3.61. The number of amides is 2. The fourth-order valence-corrected chi connectivity index (χ4v) is 6.33. The number of benzene rings is 1. The normalized spacial score (nSPS) is 11.9. The van der Waals surface area contributed by atoms with E-state index in [1.165, 1.54) is 6.26 Å². The Hall–Kier alpha value is -3.79. The van der Waals surface area contributed by atoms with E-state index in [1.54, 1.807) is 18.2 Å². The van der Waals surface area contributed by atoms with Crippen LogP contribution in [0.25, 0.3) is 0 Å². The van der Waals surface area contributed by atoms with Crippen molar-refractivity contribution in [3.63, 3.8) is 0 Å². The minimum absolute atomic E-state index is 0.0734. The molecule has 2 amide bonds. The summed E-state index contributed by atoms with van der Waals surface area (Å²) in [5.74, 6) is -0.774. The Bertz CT molecular complexity index is 1480. The number of hydrogen-bond donors (Lipinski definition) is 3. The molecule has 0 atom stereocenters. The van der Waals surface area contributed by atoms with Gasteiger partial charge in [-0.05, 0) is 30.2 Å². The number of allylic oxidation sites excluding steroid dienone is 3. The summed E-state index contributed by atoms with van der Waals surface area (Å²) in [5.41, 5.74) is 6.96. The van der Waals surface area contributed by atoms with Crippen LogP contribution >= 0.6 is 22.7 Å². The molecule has 42 heavy (non-hydrogen) atoms. The Balaban J connectivity index is 1.40. The lowest BCUT2D eigenvalue weighted by Gasteiger charge is -2.02. The Morgan fingerprint density at radius 2 is 1.57 bits per heavy atom. The summed E-state index contributed by atoms with van der Waals surface area (Å²) in [6.07, 6.45) is 7.88. The second kappa shape index (κ2) is 17.2. The molecule has 12 nitrogen and oxygen atoms in total. The van der Waals surface area contributed by atoms with Crippen molar-refractivity contribution in [3.8, 4) is 0 Å². The average molecular weight is 632 g/mol. The van der Waals surface area contributed by atoms with Gasteiger partial charge in [-0.3, -0.25) is 9.59 Å². The van der Waals surface area contributed by atoms with E-state index in [2.05, 4.69) is 37.6 Å². The summed E-state index contributed by atoms with van der Waals surface area (Å²) >= 11 is 2.27. The highest BCUT2D eigenvalue weighted by Gasteiger charge is 2.17. The lowest BCUT2D eigenvalue weighted by molar-refractivity contribution is -0.116. The number of nitrogens with one attached hydrogen (secondary N) is 2. The van der Waals surface area contributed by atoms with Crippen LogP contribution in [0, 0.1) is 0 Å². The smallest absolute Gasteiger partial charge is 0.230 e.